The summed E-state index contributed by atoms with van der Waals surface area (Å²) < 4.78 is 0. The smallest absolute Gasteiger partial charge is 0.256 e. The first-order valence-electron chi connectivity index (χ1n) is 13.2. The summed E-state index contributed by atoms with van der Waals surface area (Å²) in [5.74, 6) is -0.698. The van der Waals surface area contributed by atoms with E-state index in [4.69, 9.17) is 5.73 Å². The van der Waals surface area contributed by atoms with E-state index < -0.39 is 17.0 Å². The van der Waals surface area contributed by atoms with Crippen molar-refractivity contribution in [1.82, 2.24) is 20.2 Å². The zero-order chi connectivity index (χ0) is 27.5. The predicted octanol–water partition coefficient (Wildman–Crippen LogP) is 2.22. The molecule has 0 radical (unpaired) electrons. The fraction of sp³-hybridized carbons (Fsp3) is 0.483. The van der Waals surface area contributed by atoms with Crippen molar-refractivity contribution in [1.29, 1.82) is 0 Å². The fourth-order valence-corrected chi connectivity index (χ4v) is 5.26. The highest BCUT2D eigenvalue weighted by Gasteiger charge is 2.53. The van der Waals surface area contributed by atoms with Gasteiger partial charge in [0, 0.05) is 37.9 Å². The Kier molecular flexibility index (Phi) is 7.97. The lowest BCUT2D eigenvalue weighted by Crippen LogP contribution is -2.60. The average Bonchev–Trinajstić information content (AvgIpc) is 3.12. The Balaban J connectivity index is 1.54. The molecule has 3 N–H and O–H groups in total. The maximum atomic E-state index is 13.9. The number of carbonyl (C=O) groups is 3. The second-order valence-electron chi connectivity index (χ2n) is 11.0. The van der Waals surface area contributed by atoms with Crippen LogP contribution in [-0.4, -0.2) is 70.0 Å². The largest absolute Gasteiger partial charge is 0.343 e. The summed E-state index contributed by atoms with van der Waals surface area (Å²) in [6.45, 7) is 5.84. The van der Waals surface area contributed by atoms with Crippen LogP contribution in [0.5, 0.6) is 0 Å². The minimum atomic E-state index is -1.13. The standard InChI is InChI=1S/C29H38N6O3/c1-20-10-8-13-22(31-20)14-9-15-23(32-26(37)28(2,3)30)25(36)35-17-16-24-29(19-35,27(38)34(4)33-24)18-21-11-6-5-7-12-21/h5-8,10-13,23H,9,14-19,30H2,1-4H3,(H,32,37). The number of likely N-dealkylation sites (tertiary alicyclic amines) is 1. The SMILES string of the molecule is Cc1cccc(CCCC(NC(=O)C(C)(C)N)C(=O)N2CCC3=NN(C)C(=O)C3(Cc3ccccc3)C2)n1. The van der Waals surface area contributed by atoms with Crippen LogP contribution in [0.15, 0.2) is 53.6 Å². The molecule has 1 aromatic carbocycles. The molecule has 202 valence electrons. The summed E-state index contributed by atoms with van der Waals surface area (Å²) in [6.07, 6.45) is 2.75. The number of hydrazone groups is 1. The zero-order valence-electron chi connectivity index (χ0n) is 22.7. The molecule has 2 unspecified atom stereocenters. The number of piperidine rings is 1. The highest BCUT2D eigenvalue weighted by atomic mass is 16.2. The molecule has 0 spiro atoms. The molecule has 3 amide bonds. The minimum absolute atomic E-state index is 0.108. The molecule has 0 bridgehead atoms. The Morgan fingerprint density at radius 1 is 1.16 bits per heavy atom. The first-order chi connectivity index (χ1) is 18.0. The molecule has 1 fully saturated rings. The van der Waals surface area contributed by atoms with Gasteiger partial charge in [0.05, 0.1) is 11.3 Å². The second-order valence-corrected chi connectivity index (χ2v) is 11.0. The lowest BCUT2D eigenvalue weighted by Gasteiger charge is -2.41. The van der Waals surface area contributed by atoms with Crippen molar-refractivity contribution in [3.8, 4) is 0 Å². The van der Waals surface area contributed by atoms with Gasteiger partial charge in [-0.3, -0.25) is 19.4 Å². The number of fused-ring (bicyclic) bond motifs is 1. The fourth-order valence-electron chi connectivity index (χ4n) is 5.26. The van der Waals surface area contributed by atoms with Crippen LogP contribution in [0.25, 0.3) is 0 Å². The Hall–Kier alpha value is -3.59. The number of carbonyl (C=O) groups excluding carboxylic acids is 3. The normalized spacial score (nSPS) is 20.1. The summed E-state index contributed by atoms with van der Waals surface area (Å²) in [6, 6.07) is 14.9. The van der Waals surface area contributed by atoms with E-state index >= 15 is 0 Å². The quantitative estimate of drug-likeness (QED) is 0.527. The second kappa shape index (κ2) is 11.0. The number of aryl methyl sites for hydroxylation is 2. The molecular formula is C29H38N6O3. The number of nitrogens with two attached hydrogens (primary N) is 1. The molecule has 3 heterocycles. The van der Waals surface area contributed by atoms with Gasteiger partial charge in [0.15, 0.2) is 0 Å². The van der Waals surface area contributed by atoms with Gasteiger partial charge in [0.1, 0.15) is 11.5 Å². The zero-order valence-corrected chi connectivity index (χ0v) is 22.7. The minimum Gasteiger partial charge on any atom is -0.343 e. The average molecular weight is 519 g/mol. The van der Waals surface area contributed by atoms with Crippen LogP contribution < -0.4 is 11.1 Å². The van der Waals surface area contributed by atoms with Crippen molar-refractivity contribution in [2.75, 3.05) is 20.1 Å². The van der Waals surface area contributed by atoms with Gasteiger partial charge in [-0.2, -0.15) is 5.10 Å². The van der Waals surface area contributed by atoms with Gasteiger partial charge in [0.2, 0.25) is 11.8 Å². The first-order valence-corrected chi connectivity index (χ1v) is 13.2. The predicted molar refractivity (Wildman–Crippen MR) is 146 cm³/mol. The third kappa shape index (κ3) is 5.93. The van der Waals surface area contributed by atoms with Gasteiger partial charge in [-0.15, -0.1) is 0 Å². The number of hydrogen-bond donors (Lipinski definition) is 2. The van der Waals surface area contributed by atoms with Crippen LogP contribution in [0, 0.1) is 12.3 Å². The van der Waals surface area contributed by atoms with Crippen molar-refractivity contribution in [2.24, 2.45) is 16.3 Å². The molecule has 2 aliphatic heterocycles. The molecule has 2 aliphatic rings. The highest BCUT2D eigenvalue weighted by molar-refractivity contribution is 6.13. The summed E-state index contributed by atoms with van der Waals surface area (Å²) in [4.78, 5) is 46.5. The van der Waals surface area contributed by atoms with Gasteiger partial charge in [-0.1, -0.05) is 36.4 Å². The van der Waals surface area contributed by atoms with Crippen molar-refractivity contribution >= 4 is 23.4 Å². The van der Waals surface area contributed by atoms with Gasteiger partial charge >= 0.3 is 0 Å². The topological polar surface area (TPSA) is 121 Å². The molecule has 2 atom stereocenters. The maximum absolute atomic E-state index is 13.9. The number of nitrogens with one attached hydrogen (secondary N) is 1. The molecular weight excluding hydrogens is 480 g/mol. The lowest BCUT2D eigenvalue weighted by molar-refractivity contribution is -0.142. The van der Waals surface area contributed by atoms with Crippen LogP contribution in [0.2, 0.25) is 0 Å². The first kappa shape index (κ1) is 27.4. The molecule has 0 aliphatic carbocycles. The van der Waals surface area contributed by atoms with Gasteiger partial charge < -0.3 is 16.0 Å². The van der Waals surface area contributed by atoms with Gasteiger partial charge in [-0.25, -0.2) is 5.01 Å². The van der Waals surface area contributed by atoms with E-state index in [1.807, 2.05) is 55.5 Å². The number of nitrogens with zero attached hydrogens (tertiary/aromatic N) is 4. The van der Waals surface area contributed by atoms with E-state index in [-0.39, 0.29) is 24.3 Å². The van der Waals surface area contributed by atoms with E-state index in [2.05, 4.69) is 15.4 Å². The number of rotatable bonds is 9. The van der Waals surface area contributed by atoms with Crippen molar-refractivity contribution < 1.29 is 14.4 Å². The monoisotopic (exact) mass is 518 g/mol. The molecule has 1 saturated heterocycles. The van der Waals surface area contributed by atoms with E-state index in [0.717, 1.165) is 22.7 Å². The summed E-state index contributed by atoms with van der Waals surface area (Å²) in [5, 5.41) is 8.83. The molecule has 38 heavy (non-hydrogen) atoms. The molecule has 1 aromatic heterocycles. The van der Waals surface area contributed by atoms with E-state index in [9.17, 15) is 14.4 Å². The number of pyridine rings is 1. The Morgan fingerprint density at radius 2 is 1.89 bits per heavy atom. The Bertz CT molecular complexity index is 1220. The number of hydrogen-bond acceptors (Lipinski definition) is 6. The Morgan fingerprint density at radius 3 is 2.58 bits per heavy atom. The number of amides is 3. The number of aromatic nitrogens is 1. The van der Waals surface area contributed by atoms with Crippen LogP contribution in [0.1, 0.15) is 50.1 Å². The van der Waals surface area contributed by atoms with Gasteiger partial charge in [0.25, 0.3) is 5.91 Å². The summed E-state index contributed by atoms with van der Waals surface area (Å²) in [7, 11) is 1.66. The molecule has 2 aromatic rings. The van der Waals surface area contributed by atoms with E-state index in [0.29, 0.717) is 38.6 Å². The molecule has 9 heteroatoms. The molecule has 0 saturated carbocycles. The Labute approximate surface area is 224 Å². The maximum Gasteiger partial charge on any atom is 0.256 e. The number of benzene rings is 1. The van der Waals surface area contributed by atoms with E-state index in [1.165, 1.54) is 5.01 Å². The van der Waals surface area contributed by atoms with Crippen molar-refractivity contribution in [3.05, 3.63) is 65.5 Å². The van der Waals surface area contributed by atoms with Crippen LogP contribution >= 0.6 is 0 Å². The van der Waals surface area contributed by atoms with Crippen LogP contribution in [-0.2, 0) is 27.2 Å². The van der Waals surface area contributed by atoms with Crippen LogP contribution in [0.4, 0.5) is 0 Å². The molecule has 9 nitrogen and oxygen atoms in total. The third-order valence-corrected chi connectivity index (χ3v) is 7.33. The van der Waals surface area contributed by atoms with Gasteiger partial charge in [-0.05, 0) is 64.2 Å². The van der Waals surface area contributed by atoms with E-state index in [1.54, 1.807) is 25.8 Å². The van der Waals surface area contributed by atoms with Crippen molar-refractivity contribution in [2.45, 2.75) is 64.5 Å². The lowest BCUT2D eigenvalue weighted by atomic mass is 9.73. The van der Waals surface area contributed by atoms with Crippen LogP contribution in [0.3, 0.4) is 0 Å². The summed E-state index contributed by atoms with van der Waals surface area (Å²) >= 11 is 0. The third-order valence-electron chi connectivity index (χ3n) is 7.33. The summed E-state index contributed by atoms with van der Waals surface area (Å²) in [5.41, 5.74) is 7.72. The highest BCUT2D eigenvalue weighted by Crippen LogP contribution is 2.38. The molecule has 4 rings (SSSR count). The van der Waals surface area contributed by atoms with Crippen molar-refractivity contribution in [3.63, 3.8) is 0 Å².